The van der Waals surface area contributed by atoms with E-state index in [0.29, 0.717) is 11.3 Å². The van der Waals surface area contributed by atoms with E-state index in [4.69, 9.17) is 15.6 Å². The summed E-state index contributed by atoms with van der Waals surface area (Å²) in [6.07, 6.45) is 0. The van der Waals surface area contributed by atoms with Gasteiger partial charge in [0.1, 0.15) is 0 Å². The fraction of sp³-hybridized carbons (Fsp3) is 0.154. The number of nitrogens with two attached hydrogens (primary N) is 1. The van der Waals surface area contributed by atoms with Gasteiger partial charge in [0.25, 0.3) is 0 Å². The van der Waals surface area contributed by atoms with E-state index in [1.807, 2.05) is 0 Å². The van der Waals surface area contributed by atoms with Gasteiger partial charge in [-0.25, -0.2) is 9.59 Å². The number of rotatable bonds is 3. The van der Waals surface area contributed by atoms with Gasteiger partial charge in [-0.05, 0) is 12.1 Å². The average molecular weight is 275 g/mol. The number of esters is 1. The van der Waals surface area contributed by atoms with Crippen molar-refractivity contribution in [2.45, 2.75) is 0 Å². The molecule has 3 N–H and O–H groups in total. The van der Waals surface area contributed by atoms with Crippen LogP contribution in [0.1, 0.15) is 20.8 Å². The van der Waals surface area contributed by atoms with Crippen LogP contribution in [0.15, 0.2) is 24.3 Å². The molecule has 0 bridgehead atoms. The van der Waals surface area contributed by atoms with Crippen molar-refractivity contribution in [1.29, 1.82) is 0 Å². The van der Waals surface area contributed by atoms with Crippen LogP contribution in [0.4, 0.5) is 5.69 Å². The summed E-state index contributed by atoms with van der Waals surface area (Å²) in [7, 11) is 2.84. The van der Waals surface area contributed by atoms with Crippen LogP contribution < -0.4 is 5.73 Å². The minimum Gasteiger partial charge on any atom is -0.476 e. The average Bonchev–Trinajstić information content (AvgIpc) is 2.80. The fourth-order valence-electron chi connectivity index (χ4n) is 1.94. The van der Waals surface area contributed by atoms with Crippen LogP contribution in [0, 0.1) is 0 Å². The molecule has 104 valence electrons. The van der Waals surface area contributed by atoms with Gasteiger partial charge in [-0.3, -0.25) is 4.68 Å². The van der Waals surface area contributed by atoms with Gasteiger partial charge >= 0.3 is 11.9 Å². The lowest BCUT2D eigenvalue weighted by molar-refractivity contribution is 0.0601. The molecule has 0 aliphatic rings. The molecule has 0 unspecified atom stereocenters. The summed E-state index contributed by atoms with van der Waals surface area (Å²) in [5, 5.41) is 12.8. The van der Waals surface area contributed by atoms with Crippen molar-refractivity contribution < 1.29 is 19.4 Å². The zero-order valence-corrected chi connectivity index (χ0v) is 11.0. The highest BCUT2D eigenvalue weighted by Gasteiger charge is 2.20. The molecule has 0 spiro atoms. The number of carbonyl (C=O) groups is 2. The molecule has 0 atom stereocenters. The Kier molecular flexibility index (Phi) is 3.43. The number of hydrogen-bond acceptors (Lipinski definition) is 5. The summed E-state index contributed by atoms with van der Waals surface area (Å²) in [5.74, 6) is -1.73. The van der Waals surface area contributed by atoms with E-state index in [1.165, 1.54) is 17.9 Å². The molecule has 1 aromatic carbocycles. The van der Waals surface area contributed by atoms with Crippen molar-refractivity contribution in [3.63, 3.8) is 0 Å². The molecule has 7 heteroatoms. The van der Waals surface area contributed by atoms with Gasteiger partial charge < -0.3 is 15.6 Å². The lowest BCUT2D eigenvalue weighted by Crippen LogP contribution is -2.09. The minimum atomic E-state index is -1.14. The van der Waals surface area contributed by atoms with Gasteiger partial charge in [-0.15, -0.1) is 0 Å². The van der Waals surface area contributed by atoms with Crippen LogP contribution in [-0.4, -0.2) is 33.9 Å². The summed E-state index contributed by atoms with van der Waals surface area (Å²) in [6, 6.07) is 6.28. The SMILES string of the molecule is COC(=O)c1c(N)cccc1-c1cc(C(=O)O)nn1C. The quantitative estimate of drug-likeness (QED) is 0.642. The van der Waals surface area contributed by atoms with Gasteiger partial charge in [-0.1, -0.05) is 12.1 Å². The number of carboxylic acids is 1. The normalized spacial score (nSPS) is 10.3. The number of aromatic carboxylic acids is 1. The van der Waals surface area contributed by atoms with Crippen molar-refractivity contribution in [2.24, 2.45) is 7.05 Å². The van der Waals surface area contributed by atoms with E-state index in [0.717, 1.165) is 0 Å². The molecule has 2 aromatic rings. The van der Waals surface area contributed by atoms with Gasteiger partial charge in [0, 0.05) is 18.3 Å². The molecule has 7 nitrogen and oxygen atoms in total. The Morgan fingerprint density at radius 1 is 1.40 bits per heavy atom. The summed E-state index contributed by atoms with van der Waals surface area (Å²) >= 11 is 0. The second-order valence-electron chi connectivity index (χ2n) is 4.10. The second kappa shape index (κ2) is 5.04. The number of aryl methyl sites for hydroxylation is 1. The van der Waals surface area contributed by atoms with Gasteiger partial charge in [-0.2, -0.15) is 5.10 Å². The maximum absolute atomic E-state index is 11.8. The molecule has 2 rings (SSSR count). The number of carboxylic acid groups (broad SMARTS) is 1. The number of nitrogen functional groups attached to an aromatic ring is 1. The Bertz CT molecular complexity index is 691. The van der Waals surface area contributed by atoms with Crippen LogP contribution in [0.2, 0.25) is 0 Å². The van der Waals surface area contributed by atoms with E-state index in [1.54, 1.807) is 25.2 Å². The summed E-state index contributed by atoms with van der Waals surface area (Å²) < 4.78 is 6.09. The molecule has 20 heavy (non-hydrogen) atoms. The van der Waals surface area contributed by atoms with E-state index in [2.05, 4.69) is 5.10 Å². The number of aromatic nitrogens is 2. The number of anilines is 1. The van der Waals surface area contributed by atoms with Crippen molar-refractivity contribution in [3.8, 4) is 11.3 Å². The van der Waals surface area contributed by atoms with Crippen LogP contribution in [0.3, 0.4) is 0 Å². The Labute approximate surface area is 114 Å². The second-order valence-corrected chi connectivity index (χ2v) is 4.10. The molecule has 0 saturated carbocycles. The first-order chi connectivity index (χ1) is 9.45. The summed E-state index contributed by atoms with van der Waals surface area (Å²) in [5.41, 5.74) is 7.08. The van der Waals surface area contributed by atoms with Crippen molar-refractivity contribution in [1.82, 2.24) is 9.78 Å². The zero-order chi connectivity index (χ0) is 14.9. The maximum Gasteiger partial charge on any atom is 0.356 e. The Morgan fingerprint density at radius 3 is 2.65 bits per heavy atom. The van der Waals surface area contributed by atoms with Crippen LogP contribution in [0.25, 0.3) is 11.3 Å². The Hall–Kier alpha value is -2.83. The molecular weight excluding hydrogens is 262 g/mol. The molecule has 0 aliphatic carbocycles. The highest BCUT2D eigenvalue weighted by molar-refractivity contribution is 6.02. The topological polar surface area (TPSA) is 107 Å². The lowest BCUT2D eigenvalue weighted by Gasteiger charge is -2.10. The monoisotopic (exact) mass is 275 g/mol. The van der Waals surface area contributed by atoms with Crippen LogP contribution in [0.5, 0.6) is 0 Å². The highest BCUT2D eigenvalue weighted by Crippen LogP contribution is 2.28. The van der Waals surface area contributed by atoms with Gasteiger partial charge in [0.05, 0.1) is 18.4 Å². The first kappa shape index (κ1) is 13.6. The van der Waals surface area contributed by atoms with Gasteiger partial charge in [0.15, 0.2) is 5.69 Å². The summed E-state index contributed by atoms with van der Waals surface area (Å²) in [6.45, 7) is 0. The lowest BCUT2D eigenvalue weighted by atomic mass is 10.0. The predicted octanol–water partition coefficient (Wildman–Crippen LogP) is 1.15. The van der Waals surface area contributed by atoms with Crippen molar-refractivity contribution in [3.05, 3.63) is 35.5 Å². The van der Waals surface area contributed by atoms with E-state index >= 15 is 0 Å². The number of methoxy groups -OCH3 is 1. The molecule has 0 aliphatic heterocycles. The highest BCUT2D eigenvalue weighted by atomic mass is 16.5. The third-order valence-electron chi connectivity index (χ3n) is 2.86. The largest absolute Gasteiger partial charge is 0.476 e. The third kappa shape index (κ3) is 2.20. The standard InChI is InChI=1S/C13H13N3O4/c1-16-10(6-9(15-16)12(17)18)7-4-3-5-8(14)11(7)13(19)20-2/h3-6H,14H2,1-2H3,(H,17,18). The Balaban J connectivity index is 2.67. The van der Waals surface area contributed by atoms with E-state index in [-0.39, 0.29) is 16.9 Å². The molecule has 0 fully saturated rings. The number of hydrogen-bond donors (Lipinski definition) is 2. The summed E-state index contributed by atoms with van der Waals surface area (Å²) in [4.78, 5) is 22.8. The number of benzene rings is 1. The van der Waals surface area contributed by atoms with Gasteiger partial charge in [0.2, 0.25) is 0 Å². The maximum atomic E-state index is 11.8. The van der Waals surface area contributed by atoms with Crippen molar-refractivity contribution >= 4 is 17.6 Å². The first-order valence-electron chi connectivity index (χ1n) is 5.70. The van der Waals surface area contributed by atoms with E-state index < -0.39 is 11.9 Å². The molecule has 0 radical (unpaired) electrons. The predicted molar refractivity (Wildman–Crippen MR) is 71.4 cm³/mol. The smallest absolute Gasteiger partial charge is 0.356 e. The van der Waals surface area contributed by atoms with Crippen LogP contribution >= 0.6 is 0 Å². The number of carbonyl (C=O) groups excluding carboxylic acids is 1. The van der Waals surface area contributed by atoms with Crippen molar-refractivity contribution in [2.75, 3.05) is 12.8 Å². The van der Waals surface area contributed by atoms with E-state index in [9.17, 15) is 9.59 Å². The third-order valence-corrected chi connectivity index (χ3v) is 2.86. The molecule has 1 heterocycles. The Morgan fingerprint density at radius 2 is 2.10 bits per heavy atom. The molecule has 0 saturated heterocycles. The molecule has 1 aromatic heterocycles. The molecule has 0 amide bonds. The number of nitrogens with zero attached hydrogens (tertiary/aromatic N) is 2. The minimum absolute atomic E-state index is 0.110. The first-order valence-corrected chi connectivity index (χ1v) is 5.70. The van der Waals surface area contributed by atoms with Crippen LogP contribution in [-0.2, 0) is 11.8 Å². The fourth-order valence-corrected chi connectivity index (χ4v) is 1.94. The molecular formula is C13H13N3O4. The number of ether oxygens (including phenoxy) is 1. The zero-order valence-electron chi connectivity index (χ0n) is 11.0.